The summed E-state index contributed by atoms with van der Waals surface area (Å²) < 4.78 is 16.1. The van der Waals surface area contributed by atoms with E-state index in [1.54, 1.807) is 23.7 Å². The van der Waals surface area contributed by atoms with E-state index >= 15 is 0 Å². The highest BCUT2D eigenvalue weighted by Crippen LogP contribution is 2.25. The Kier molecular flexibility index (Phi) is 6.95. The lowest BCUT2D eigenvalue weighted by atomic mass is 10.1. The number of Topliss-reactive ketones (excluding diaryl/α,β-unsaturated/α-hetero) is 1. The number of hydrogen-bond acceptors (Lipinski definition) is 3. The summed E-state index contributed by atoms with van der Waals surface area (Å²) in [6, 6.07) is 13.4. The molecule has 1 aliphatic heterocycles. The van der Waals surface area contributed by atoms with Gasteiger partial charge >= 0.3 is 6.03 Å². The van der Waals surface area contributed by atoms with Crippen molar-refractivity contribution < 1.29 is 18.8 Å². The molecule has 2 heterocycles. The molecule has 2 aromatic carbocycles. The predicted molar refractivity (Wildman–Crippen MR) is 132 cm³/mol. The molecule has 0 unspecified atom stereocenters. The number of fused-ring (bicyclic) bond motifs is 1. The molecule has 0 bridgehead atoms. The third-order valence-corrected chi connectivity index (χ3v) is 5.92. The molecular weight excluding hydrogens is 449 g/mol. The minimum atomic E-state index is -0.734. The Bertz CT molecular complexity index is 1290. The number of halogens is 1. The van der Waals surface area contributed by atoms with E-state index in [0.29, 0.717) is 24.4 Å². The first-order chi connectivity index (χ1) is 16.8. The van der Waals surface area contributed by atoms with Gasteiger partial charge in [0.25, 0.3) is 11.7 Å². The second kappa shape index (κ2) is 10.1. The van der Waals surface area contributed by atoms with Crippen LogP contribution in [0.5, 0.6) is 0 Å². The zero-order valence-electron chi connectivity index (χ0n) is 20.0. The largest absolute Gasteiger partial charge is 0.352 e. The molecule has 0 radical (unpaired) electrons. The highest BCUT2D eigenvalue weighted by atomic mass is 19.1. The van der Waals surface area contributed by atoms with Crippen LogP contribution in [0.2, 0.25) is 0 Å². The minimum Gasteiger partial charge on any atom is -0.352 e. The van der Waals surface area contributed by atoms with Gasteiger partial charge in [0.15, 0.2) is 0 Å². The quantitative estimate of drug-likeness (QED) is 0.271. The molecule has 1 saturated heterocycles. The maximum absolute atomic E-state index is 14.5. The molecule has 35 heavy (non-hydrogen) atoms. The number of rotatable bonds is 4. The summed E-state index contributed by atoms with van der Waals surface area (Å²) in [6.45, 7) is 5.06. The summed E-state index contributed by atoms with van der Waals surface area (Å²) in [5, 5.41) is 2.92. The molecule has 1 aromatic heterocycles. The van der Waals surface area contributed by atoms with Gasteiger partial charge in [-0.25, -0.2) is 9.18 Å². The fraction of sp³-hybridized carbons (Fsp3) is 0.308. The lowest BCUT2D eigenvalue weighted by Gasteiger charge is -2.36. The molecule has 0 atom stereocenters. The van der Waals surface area contributed by atoms with Gasteiger partial charge in [-0.1, -0.05) is 36.4 Å². The molecule has 0 spiro atoms. The molecule has 0 saturated carbocycles. The Morgan fingerprint density at radius 2 is 1.60 bits per heavy atom. The average Bonchev–Trinajstić information content (AvgIpc) is 3.19. The summed E-state index contributed by atoms with van der Waals surface area (Å²) in [7, 11) is 1.71. The molecule has 3 amide bonds. The standard InChI is InChI=1S/C26H28FN5O3/c1-17(2)28-26(35)29-24(18-8-5-4-6-9-18)31-12-14-32(15-13-31)25(34)23(33)19-16-30(3)21-11-7-10-20(27)22(19)21/h4-11,16-17H,12-15H2,1-3H3,(H,28,35)/b29-24+. The summed E-state index contributed by atoms with van der Waals surface area (Å²) in [4.78, 5) is 46.1. The fourth-order valence-electron chi connectivity index (χ4n) is 4.23. The minimum absolute atomic E-state index is 0.0531. The zero-order valence-corrected chi connectivity index (χ0v) is 20.0. The Hall–Kier alpha value is -4.01. The molecule has 1 fully saturated rings. The third kappa shape index (κ3) is 5.08. The number of aliphatic imine (C=N–C) groups is 1. The molecule has 8 nitrogen and oxygen atoms in total. The van der Waals surface area contributed by atoms with E-state index in [2.05, 4.69) is 10.3 Å². The lowest BCUT2D eigenvalue weighted by molar-refractivity contribution is -0.127. The lowest BCUT2D eigenvalue weighted by Crippen LogP contribution is -2.52. The van der Waals surface area contributed by atoms with Gasteiger partial charge in [0.1, 0.15) is 11.7 Å². The van der Waals surface area contributed by atoms with Crippen LogP contribution in [0, 0.1) is 5.82 Å². The topological polar surface area (TPSA) is 87.0 Å². The van der Waals surface area contributed by atoms with Crippen molar-refractivity contribution in [3.63, 3.8) is 0 Å². The van der Waals surface area contributed by atoms with Crippen molar-refractivity contribution in [2.45, 2.75) is 19.9 Å². The van der Waals surface area contributed by atoms with E-state index in [4.69, 9.17) is 0 Å². The number of aryl methyl sites for hydroxylation is 1. The average molecular weight is 478 g/mol. The number of nitrogens with one attached hydrogen (secondary N) is 1. The molecule has 182 valence electrons. The molecule has 3 aromatic rings. The third-order valence-electron chi connectivity index (χ3n) is 5.92. The van der Waals surface area contributed by atoms with Crippen LogP contribution < -0.4 is 5.32 Å². The van der Waals surface area contributed by atoms with Crippen LogP contribution in [0.1, 0.15) is 29.8 Å². The van der Waals surface area contributed by atoms with E-state index in [9.17, 15) is 18.8 Å². The Morgan fingerprint density at radius 1 is 0.943 bits per heavy atom. The number of ketones is 1. The second-order valence-corrected chi connectivity index (χ2v) is 8.80. The van der Waals surface area contributed by atoms with Crippen LogP contribution in [0.4, 0.5) is 9.18 Å². The van der Waals surface area contributed by atoms with Gasteiger partial charge in [-0.05, 0) is 26.0 Å². The number of urea groups is 1. The maximum atomic E-state index is 14.5. The van der Waals surface area contributed by atoms with Crippen LogP contribution in [0.15, 0.2) is 59.7 Å². The van der Waals surface area contributed by atoms with Crippen LogP contribution in [0.25, 0.3) is 10.9 Å². The van der Waals surface area contributed by atoms with Crippen molar-refractivity contribution in [3.05, 3.63) is 71.7 Å². The summed E-state index contributed by atoms with van der Waals surface area (Å²) in [5.74, 6) is -1.43. The van der Waals surface area contributed by atoms with E-state index in [0.717, 1.165) is 5.56 Å². The number of piperazine rings is 1. The molecule has 4 rings (SSSR count). The second-order valence-electron chi connectivity index (χ2n) is 8.80. The number of nitrogens with zero attached hydrogens (tertiary/aromatic N) is 4. The van der Waals surface area contributed by atoms with Crippen molar-refractivity contribution >= 4 is 34.5 Å². The SMILES string of the molecule is CC(C)NC(=O)/N=C(\c1ccccc1)N1CCN(C(=O)C(=O)c2cn(C)c3cccc(F)c23)CC1. The summed E-state index contributed by atoms with van der Waals surface area (Å²) in [5.41, 5.74) is 1.40. The molecule has 9 heteroatoms. The number of benzene rings is 2. The smallest absolute Gasteiger partial charge is 0.343 e. The first kappa shape index (κ1) is 24.1. The number of aromatic nitrogens is 1. The van der Waals surface area contributed by atoms with E-state index in [1.165, 1.54) is 17.2 Å². The Labute approximate surface area is 203 Å². The first-order valence-corrected chi connectivity index (χ1v) is 11.5. The van der Waals surface area contributed by atoms with Crippen LogP contribution in [-0.2, 0) is 11.8 Å². The van der Waals surface area contributed by atoms with Gasteiger partial charge in [-0.15, -0.1) is 0 Å². The number of amides is 3. The zero-order chi connectivity index (χ0) is 25.1. The Balaban J connectivity index is 1.51. The van der Waals surface area contributed by atoms with Crippen LogP contribution >= 0.6 is 0 Å². The van der Waals surface area contributed by atoms with E-state index in [-0.39, 0.29) is 30.1 Å². The number of amidine groups is 1. The van der Waals surface area contributed by atoms with Gasteiger partial charge in [0, 0.05) is 56.4 Å². The van der Waals surface area contributed by atoms with Crippen LogP contribution in [0.3, 0.4) is 0 Å². The van der Waals surface area contributed by atoms with Gasteiger partial charge in [0.2, 0.25) is 0 Å². The maximum Gasteiger partial charge on any atom is 0.343 e. The Morgan fingerprint density at radius 3 is 2.26 bits per heavy atom. The van der Waals surface area contributed by atoms with E-state index in [1.807, 2.05) is 49.1 Å². The van der Waals surface area contributed by atoms with Gasteiger partial charge in [-0.3, -0.25) is 9.59 Å². The van der Waals surface area contributed by atoms with Crippen LogP contribution in [-0.4, -0.2) is 70.1 Å². The molecule has 1 N–H and O–H groups in total. The number of hydrogen-bond donors (Lipinski definition) is 1. The van der Waals surface area contributed by atoms with E-state index < -0.39 is 23.5 Å². The van der Waals surface area contributed by atoms with Crippen molar-refractivity contribution in [3.8, 4) is 0 Å². The van der Waals surface area contributed by atoms with Crippen molar-refractivity contribution in [1.82, 2.24) is 19.7 Å². The normalized spacial score (nSPS) is 14.5. The first-order valence-electron chi connectivity index (χ1n) is 11.5. The van der Waals surface area contributed by atoms with Crippen molar-refractivity contribution in [2.24, 2.45) is 12.0 Å². The van der Waals surface area contributed by atoms with Crippen molar-refractivity contribution in [2.75, 3.05) is 26.2 Å². The van der Waals surface area contributed by atoms with Crippen molar-refractivity contribution in [1.29, 1.82) is 0 Å². The monoisotopic (exact) mass is 477 g/mol. The highest BCUT2D eigenvalue weighted by Gasteiger charge is 2.30. The van der Waals surface area contributed by atoms with Gasteiger partial charge < -0.3 is 19.7 Å². The summed E-state index contributed by atoms with van der Waals surface area (Å²) >= 11 is 0. The molecule has 1 aliphatic rings. The highest BCUT2D eigenvalue weighted by molar-refractivity contribution is 6.45. The molecular formula is C26H28FN5O3. The molecule has 0 aliphatic carbocycles. The fourth-order valence-corrected chi connectivity index (χ4v) is 4.23. The van der Waals surface area contributed by atoms with Gasteiger partial charge in [0.05, 0.1) is 11.1 Å². The predicted octanol–water partition coefficient (Wildman–Crippen LogP) is 3.21. The number of carbonyl (C=O) groups is 3. The number of carbonyl (C=O) groups excluding carboxylic acids is 3. The van der Waals surface area contributed by atoms with Gasteiger partial charge in [-0.2, -0.15) is 4.99 Å². The summed E-state index contributed by atoms with van der Waals surface area (Å²) in [6.07, 6.45) is 1.50.